The fourth-order valence-electron chi connectivity index (χ4n) is 3.80. The van der Waals surface area contributed by atoms with Crippen LogP contribution in [0.4, 0.5) is 5.69 Å². The van der Waals surface area contributed by atoms with Crippen molar-refractivity contribution in [2.24, 2.45) is 11.8 Å². The van der Waals surface area contributed by atoms with E-state index in [1.54, 1.807) is 18.2 Å². The lowest BCUT2D eigenvalue weighted by atomic mass is 9.75. The highest BCUT2D eigenvalue weighted by molar-refractivity contribution is 6.36. The van der Waals surface area contributed by atoms with Crippen molar-refractivity contribution in [1.29, 1.82) is 0 Å². The number of nitrogens with one attached hydrogen (secondary N) is 1. The van der Waals surface area contributed by atoms with Gasteiger partial charge in [0.05, 0.1) is 17.3 Å². The number of halogens is 2. The van der Waals surface area contributed by atoms with E-state index in [4.69, 9.17) is 43.0 Å². The third-order valence-electron chi connectivity index (χ3n) is 5.13. The Morgan fingerprint density at radius 1 is 1.04 bits per heavy atom. The molecule has 1 aliphatic heterocycles. The molecule has 1 aliphatic carbocycles. The number of carbonyl (C=O) groups is 3. The molecule has 2 unspecified atom stereocenters. The largest absolute Gasteiger partial charge is 0.473 e. The molecule has 28 heavy (non-hydrogen) atoms. The summed E-state index contributed by atoms with van der Waals surface area (Å²) in [7, 11) is 0. The molecule has 2 atom stereocenters. The predicted molar refractivity (Wildman–Crippen MR) is 107 cm³/mol. The minimum atomic E-state index is -1.82. The molecule has 0 radical (unpaired) electrons. The van der Waals surface area contributed by atoms with Crippen LogP contribution in [0.5, 0.6) is 0 Å². The Bertz CT molecular complexity index is 716. The van der Waals surface area contributed by atoms with E-state index in [1.165, 1.54) is 32.1 Å². The molecule has 1 aromatic rings. The summed E-state index contributed by atoms with van der Waals surface area (Å²) in [5, 5.41) is 18.7. The number of carboxylic acids is 2. The summed E-state index contributed by atoms with van der Waals surface area (Å²) < 4.78 is 0. The number of carboxylic acid groups (broad SMARTS) is 2. The number of hydrogen-bond donors (Lipinski definition) is 3. The number of nitrogens with zero attached hydrogens (tertiary/aromatic N) is 1. The fraction of sp³-hybridized carbons (Fsp3) is 0.526. The Morgan fingerprint density at radius 2 is 1.68 bits per heavy atom. The van der Waals surface area contributed by atoms with Crippen LogP contribution in [0.2, 0.25) is 10.0 Å². The standard InChI is InChI=1S/C17H22Cl2N2O.C2H2O4/c18-14-5-6-16(15(19)9-14)20-17(22)11-21-8-7-12-3-1-2-4-13(12)10-21;3-1(4)2(5)6/h5-6,9,12-13H,1-4,7-8,10-11H2,(H,20,22);(H,3,4)(H,5,6). The lowest BCUT2D eigenvalue weighted by Gasteiger charge is -2.41. The van der Waals surface area contributed by atoms with Gasteiger partial charge in [-0.3, -0.25) is 9.69 Å². The zero-order valence-corrected chi connectivity index (χ0v) is 16.9. The maximum atomic E-state index is 12.2. The van der Waals surface area contributed by atoms with Crippen LogP contribution in [0, 0.1) is 11.8 Å². The van der Waals surface area contributed by atoms with Crippen LogP contribution in [-0.4, -0.2) is 52.6 Å². The van der Waals surface area contributed by atoms with Gasteiger partial charge in [-0.2, -0.15) is 0 Å². The molecule has 0 bridgehead atoms. The number of likely N-dealkylation sites (tertiary alicyclic amines) is 1. The second-order valence-corrected chi connectivity index (χ2v) is 7.95. The van der Waals surface area contributed by atoms with E-state index < -0.39 is 11.9 Å². The second-order valence-electron chi connectivity index (χ2n) is 7.11. The van der Waals surface area contributed by atoms with Crippen molar-refractivity contribution in [3.05, 3.63) is 28.2 Å². The highest BCUT2D eigenvalue weighted by Gasteiger charge is 2.31. The number of carbonyl (C=O) groups excluding carboxylic acids is 1. The van der Waals surface area contributed by atoms with Crippen molar-refractivity contribution < 1.29 is 24.6 Å². The number of hydrogen-bond acceptors (Lipinski definition) is 4. The predicted octanol–water partition coefficient (Wildman–Crippen LogP) is 3.60. The van der Waals surface area contributed by atoms with Crippen molar-refractivity contribution in [2.75, 3.05) is 25.0 Å². The van der Waals surface area contributed by atoms with Gasteiger partial charge in [-0.25, -0.2) is 9.59 Å². The van der Waals surface area contributed by atoms with Gasteiger partial charge >= 0.3 is 11.9 Å². The van der Waals surface area contributed by atoms with Crippen LogP contribution < -0.4 is 5.32 Å². The van der Waals surface area contributed by atoms with E-state index >= 15 is 0 Å². The van der Waals surface area contributed by atoms with Gasteiger partial charge in [-0.05, 0) is 49.4 Å². The molecular formula is C19H24Cl2N2O5. The molecule has 1 saturated carbocycles. The number of aliphatic carboxylic acids is 2. The Morgan fingerprint density at radius 3 is 2.29 bits per heavy atom. The summed E-state index contributed by atoms with van der Waals surface area (Å²) in [6.07, 6.45) is 6.68. The van der Waals surface area contributed by atoms with Gasteiger partial charge in [-0.15, -0.1) is 0 Å². The zero-order valence-electron chi connectivity index (χ0n) is 15.4. The molecule has 2 fully saturated rings. The van der Waals surface area contributed by atoms with Gasteiger partial charge in [0.2, 0.25) is 5.91 Å². The molecule has 9 heteroatoms. The monoisotopic (exact) mass is 430 g/mol. The van der Waals surface area contributed by atoms with Crippen molar-refractivity contribution in [2.45, 2.75) is 32.1 Å². The smallest absolute Gasteiger partial charge is 0.414 e. The quantitative estimate of drug-likeness (QED) is 0.632. The summed E-state index contributed by atoms with van der Waals surface area (Å²) in [5.41, 5.74) is 0.628. The van der Waals surface area contributed by atoms with Gasteiger partial charge in [0.15, 0.2) is 0 Å². The Kier molecular flexibility index (Phi) is 8.54. The molecule has 3 N–H and O–H groups in total. The molecule has 3 rings (SSSR count). The first kappa shape index (κ1) is 22.5. The summed E-state index contributed by atoms with van der Waals surface area (Å²) in [6, 6.07) is 5.12. The Hall–Kier alpha value is -1.83. The van der Waals surface area contributed by atoms with E-state index in [9.17, 15) is 4.79 Å². The normalized spacial score (nSPS) is 21.6. The maximum absolute atomic E-state index is 12.2. The SMILES string of the molecule is O=C(CN1CCC2CCCCC2C1)Nc1ccc(Cl)cc1Cl.O=C(O)C(=O)O. The van der Waals surface area contributed by atoms with Gasteiger partial charge < -0.3 is 15.5 Å². The van der Waals surface area contributed by atoms with Gasteiger partial charge in [-0.1, -0.05) is 42.5 Å². The molecular weight excluding hydrogens is 407 g/mol. The summed E-state index contributed by atoms with van der Waals surface area (Å²) in [6.45, 7) is 2.54. The molecule has 154 valence electrons. The lowest BCUT2D eigenvalue weighted by Crippen LogP contribution is -2.44. The summed E-state index contributed by atoms with van der Waals surface area (Å²) in [5.74, 6) is -1.98. The molecule has 1 heterocycles. The number of fused-ring (bicyclic) bond motifs is 1. The maximum Gasteiger partial charge on any atom is 0.414 e. The molecule has 7 nitrogen and oxygen atoms in total. The van der Waals surface area contributed by atoms with E-state index in [0.717, 1.165) is 24.9 Å². The van der Waals surface area contributed by atoms with Crippen LogP contribution in [0.1, 0.15) is 32.1 Å². The molecule has 1 amide bonds. The van der Waals surface area contributed by atoms with Crippen LogP contribution in [0.15, 0.2) is 18.2 Å². The molecule has 1 aromatic carbocycles. The highest BCUT2D eigenvalue weighted by atomic mass is 35.5. The number of anilines is 1. The van der Waals surface area contributed by atoms with E-state index in [0.29, 0.717) is 22.3 Å². The van der Waals surface area contributed by atoms with E-state index in [1.807, 2.05) is 0 Å². The number of benzene rings is 1. The zero-order chi connectivity index (χ0) is 20.7. The van der Waals surface area contributed by atoms with Crippen molar-refractivity contribution in [3.63, 3.8) is 0 Å². The number of rotatable bonds is 3. The summed E-state index contributed by atoms with van der Waals surface area (Å²) >= 11 is 12.0. The lowest BCUT2D eigenvalue weighted by molar-refractivity contribution is -0.159. The average molecular weight is 431 g/mol. The van der Waals surface area contributed by atoms with E-state index in [-0.39, 0.29) is 5.91 Å². The first-order valence-corrected chi connectivity index (χ1v) is 9.95. The van der Waals surface area contributed by atoms with Crippen molar-refractivity contribution in [3.8, 4) is 0 Å². The number of piperidine rings is 1. The van der Waals surface area contributed by atoms with Crippen LogP contribution >= 0.6 is 23.2 Å². The molecule has 0 spiro atoms. The first-order valence-electron chi connectivity index (χ1n) is 9.19. The molecule has 2 aliphatic rings. The molecule has 0 aromatic heterocycles. The van der Waals surface area contributed by atoms with Crippen molar-refractivity contribution >= 4 is 46.7 Å². The fourth-order valence-corrected chi connectivity index (χ4v) is 4.26. The van der Waals surface area contributed by atoms with Gasteiger partial charge in [0.25, 0.3) is 0 Å². The van der Waals surface area contributed by atoms with Crippen LogP contribution in [0.25, 0.3) is 0 Å². The minimum absolute atomic E-state index is 0.00141. The highest BCUT2D eigenvalue weighted by Crippen LogP contribution is 2.36. The van der Waals surface area contributed by atoms with Crippen LogP contribution in [0.3, 0.4) is 0 Å². The minimum Gasteiger partial charge on any atom is -0.473 e. The number of amides is 1. The third-order valence-corrected chi connectivity index (χ3v) is 5.68. The third kappa shape index (κ3) is 6.96. The Labute approximate surface area is 173 Å². The van der Waals surface area contributed by atoms with Crippen molar-refractivity contribution in [1.82, 2.24) is 4.90 Å². The average Bonchev–Trinajstić information content (AvgIpc) is 2.64. The van der Waals surface area contributed by atoms with Gasteiger partial charge in [0.1, 0.15) is 0 Å². The van der Waals surface area contributed by atoms with Crippen LogP contribution in [-0.2, 0) is 14.4 Å². The topological polar surface area (TPSA) is 107 Å². The Balaban J connectivity index is 0.000000409. The van der Waals surface area contributed by atoms with E-state index in [2.05, 4.69) is 10.2 Å². The van der Waals surface area contributed by atoms with Gasteiger partial charge in [0, 0.05) is 11.6 Å². The second kappa shape index (κ2) is 10.6. The molecule has 1 saturated heterocycles. The summed E-state index contributed by atoms with van der Waals surface area (Å²) in [4.78, 5) is 32.7. The first-order chi connectivity index (χ1) is 13.3.